The largest absolute Gasteiger partial charge is 0.455 e. The molecule has 0 aliphatic carbocycles. The number of carbonyl (C=O) groups is 1. The molecule has 2 aromatic carbocycles. The first-order valence-electron chi connectivity index (χ1n) is 6.19. The Labute approximate surface area is 121 Å². The minimum atomic E-state index is -0.0285. The Morgan fingerprint density at radius 1 is 1.25 bits per heavy atom. The summed E-state index contributed by atoms with van der Waals surface area (Å²) in [6.07, 6.45) is 0.361. The van der Waals surface area contributed by atoms with Crippen molar-refractivity contribution in [2.75, 3.05) is 11.1 Å². The summed E-state index contributed by atoms with van der Waals surface area (Å²) in [6.45, 7) is 1.91. The smallest absolute Gasteiger partial charge is 0.228 e. The maximum Gasteiger partial charge on any atom is 0.228 e. The minimum absolute atomic E-state index is 0.0285. The second-order valence-electron chi connectivity index (χ2n) is 4.78. The van der Waals surface area contributed by atoms with Gasteiger partial charge in [0, 0.05) is 16.8 Å². The fourth-order valence-electron chi connectivity index (χ4n) is 2.21. The van der Waals surface area contributed by atoms with Crippen molar-refractivity contribution in [3.05, 3.63) is 46.5 Å². The lowest BCUT2D eigenvalue weighted by atomic mass is 10.1. The molecule has 0 aromatic heterocycles. The van der Waals surface area contributed by atoms with E-state index >= 15 is 0 Å². The number of amides is 1. The van der Waals surface area contributed by atoms with Gasteiger partial charge in [-0.05, 0) is 42.3 Å². The van der Waals surface area contributed by atoms with Crippen LogP contribution in [-0.2, 0) is 11.2 Å². The topological polar surface area (TPSA) is 64.3 Å². The number of nitrogens with two attached hydrogens (primary N) is 1. The van der Waals surface area contributed by atoms with Gasteiger partial charge in [-0.25, -0.2) is 0 Å². The monoisotopic (exact) mass is 288 g/mol. The Morgan fingerprint density at radius 3 is 2.80 bits per heavy atom. The van der Waals surface area contributed by atoms with E-state index in [9.17, 15) is 4.79 Å². The molecule has 1 aliphatic rings. The quantitative estimate of drug-likeness (QED) is 0.831. The van der Waals surface area contributed by atoms with Crippen molar-refractivity contribution in [3.63, 3.8) is 0 Å². The molecule has 0 saturated heterocycles. The number of anilines is 2. The molecule has 102 valence electrons. The van der Waals surface area contributed by atoms with Gasteiger partial charge >= 0.3 is 0 Å². The van der Waals surface area contributed by atoms with E-state index in [1.165, 1.54) is 0 Å². The first-order valence-corrected chi connectivity index (χ1v) is 6.57. The second kappa shape index (κ2) is 4.72. The molecule has 0 radical (unpaired) electrons. The maximum atomic E-state index is 11.4. The summed E-state index contributed by atoms with van der Waals surface area (Å²) in [5.74, 6) is 1.18. The summed E-state index contributed by atoms with van der Waals surface area (Å²) in [6, 6.07) is 8.90. The van der Waals surface area contributed by atoms with Gasteiger partial charge in [-0.1, -0.05) is 11.6 Å². The van der Waals surface area contributed by atoms with E-state index < -0.39 is 0 Å². The lowest BCUT2D eigenvalue weighted by Crippen LogP contribution is -2.03. The van der Waals surface area contributed by atoms with Crippen LogP contribution in [0, 0.1) is 6.92 Å². The van der Waals surface area contributed by atoms with Crippen molar-refractivity contribution in [2.45, 2.75) is 13.3 Å². The predicted octanol–water partition coefficient (Wildman–Crippen LogP) is 3.52. The molecule has 0 fully saturated rings. The van der Waals surface area contributed by atoms with Gasteiger partial charge in [0.05, 0.1) is 12.1 Å². The van der Waals surface area contributed by atoms with E-state index in [1.807, 2.05) is 13.0 Å². The number of carbonyl (C=O) groups excluding carboxylic acids is 1. The molecule has 4 nitrogen and oxygen atoms in total. The Balaban J connectivity index is 1.95. The minimum Gasteiger partial charge on any atom is -0.455 e. The standard InChI is InChI=1S/C15H13ClN2O2/c1-8-4-10(16)2-3-13(8)20-14-7-12-9(5-11(14)17)6-15(19)18-12/h2-5,7H,6,17H2,1H3,(H,18,19). The highest BCUT2D eigenvalue weighted by Crippen LogP contribution is 2.36. The highest BCUT2D eigenvalue weighted by atomic mass is 35.5. The number of rotatable bonds is 2. The first kappa shape index (κ1) is 12.8. The lowest BCUT2D eigenvalue weighted by Gasteiger charge is -2.12. The summed E-state index contributed by atoms with van der Waals surface area (Å²) in [5.41, 5.74) is 9.05. The predicted molar refractivity (Wildman–Crippen MR) is 79.5 cm³/mol. The molecule has 1 heterocycles. The number of fused-ring (bicyclic) bond motifs is 1. The van der Waals surface area contributed by atoms with Crippen LogP contribution in [0.1, 0.15) is 11.1 Å². The number of benzene rings is 2. The average molecular weight is 289 g/mol. The molecule has 20 heavy (non-hydrogen) atoms. The Bertz CT molecular complexity index is 713. The molecule has 5 heteroatoms. The number of nitrogen functional groups attached to an aromatic ring is 1. The molecule has 3 rings (SSSR count). The van der Waals surface area contributed by atoms with Gasteiger partial charge in [0.15, 0.2) is 5.75 Å². The average Bonchev–Trinajstić information content (AvgIpc) is 2.72. The van der Waals surface area contributed by atoms with Crippen LogP contribution in [0.15, 0.2) is 30.3 Å². The highest BCUT2D eigenvalue weighted by molar-refractivity contribution is 6.30. The van der Waals surface area contributed by atoms with E-state index in [0.717, 1.165) is 16.8 Å². The molecule has 2 aromatic rings. The SMILES string of the molecule is Cc1cc(Cl)ccc1Oc1cc2c(cc1N)CC(=O)N2. The normalized spacial score (nSPS) is 13.0. The van der Waals surface area contributed by atoms with E-state index in [4.69, 9.17) is 22.1 Å². The fraction of sp³-hybridized carbons (Fsp3) is 0.133. The number of ether oxygens (including phenoxy) is 1. The lowest BCUT2D eigenvalue weighted by molar-refractivity contribution is -0.115. The summed E-state index contributed by atoms with van der Waals surface area (Å²) in [4.78, 5) is 11.4. The van der Waals surface area contributed by atoms with Crippen LogP contribution in [0.5, 0.6) is 11.5 Å². The fourth-order valence-corrected chi connectivity index (χ4v) is 2.43. The van der Waals surface area contributed by atoms with Crippen molar-refractivity contribution in [3.8, 4) is 11.5 Å². The van der Waals surface area contributed by atoms with E-state index in [0.29, 0.717) is 28.6 Å². The zero-order valence-electron chi connectivity index (χ0n) is 10.9. The third kappa shape index (κ3) is 2.30. The van der Waals surface area contributed by atoms with Gasteiger partial charge in [0.25, 0.3) is 0 Å². The van der Waals surface area contributed by atoms with Gasteiger partial charge < -0.3 is 15.8 Å². The third-order valence-electron chi connectivity index (χ3n) is 3.22. The van der Waals surface area contributed by atoms with Gasteiger partial charge in [0.1, 0.15) is 5.75 Å². The van der Waals surface area contributed by atoms with Gasteiger partial charge in [0.2, 0.25) is 5.91 Å². The van der Waals surface area contributed by atoms with Crippen LogP contribution in [0.4, 0.5) is 11.4 Å². The van der Waals surface area contributed by atoms with E-state index in [-0.39, 0.29) is 5.91 Å². The first-order chi connectivity index (χ1) is 9.52. The molecule has 1 amide bonds. The Kier molecular flexibility index (Phi) is 3.03. The molecule has 0 atom stereocenters. The summed E-state index contributed by atoms with van der Waals surface area (Å²) >= 11 is 5.92. The summed E-state index contributed by atoms with van der Waals surface area (Å²) in [5, 5.41) is 3.44. The van der Waals surface area contributed by atoms with Gasteiger partial charge in [-0.3, -0.25) is 4.79 Å². The number of aryl methyl sites for hydroxylation is 1. The van der Waals surface area contributed by atoms with Crippen LogP contribution in [-0.4, -0.2) is 5.91 Å². The van der Waals surface area contributed by atoms with Crippen molar-refractivity contribution < 1.29 is 9.53 Å². The van der Waals surface area contributed by atoms with E-state index in [2.05, 4.69) is 5.32 Å². The number of hydrogen-bond donors (Lipinski definition) is 2. The van der Waals surface area contributed by atoms with Crippen LogP contribution in [0.2, 0.25) is 5.02 Å². The van der Waals surface area contributed by atoms with Crippen LogP contribution in [0.25, 0.3) is 0 Å². The van der Waals surface area contributed by atoms with Crippen molar-refractivity contribution in [2.24, 2.45) is 0 Å². The molecule has 0 bridgehead atoms. The van der Waals surface area contributed by atoms with Crippen LogP contribution < -0.4 is 15.8 Å². The van der Waals surface area contributed by atoms with Gasteiger partial charge in [-0.15, -0.1) is 0 Å². The Morgan fingerprint density at radius 2 is 2.05 bits per heavy atom. The number of halogens is 1. The van der Waals surface area contributed by atoms with Crippen molar-refractivity contribution in [1.29, 1.82) is 0 Å². The zero-order chi connectivity index (χ0) is 14.3. The van der Waals surface area contributed by atoms with Crippen LogP contribution >= 0.6 is 11.6 Å². The molecule has 1 aliphatic heterocycles. The molecular weight excluding hydrogens is 276 g/mol. The Hall–Kier alpha value is -2.20. The summed E-state index contributed by atoms with van der Waals surface area (Å²) < 4.78 is 5.82. The molecular formula is C15H13ClN2O2. The second-order valence-corrected chi connectivity index (χ2v) is 5.22. The van der Waals surface area contributed by atoms with Crippen LogP contribution in [0.3, 0.4) is 0 Å². The number of hydrogen-bond acceptors (Lipinski definition) is 3. The molecule has 0 spiro atoms. The van der Waals surface area contributed by atoms with Crippen molar-refractivity contribution >= 4 is 28.9 Å². The highest BCUT2D eigenvalue weighted by Gasteiger charge is 2.20. The molecule has 3 N–H and O–H groups in total. The number of nitrogens with one attached hydrogen (secondary N) is 1. The third-order valence-corrected chi connectivity index (χ3v) is 3.45. The molecule has 0 unspecified atom stereocenters. The molecule has 0 saturated carbocycles. The zero-order valence-corrected chi connectivity index (χ0v) is 11.6. The van der Waals surface area contributed by atoms with E-state index in [1.54, 1.807) is 24.3 Å². The summed E-state index contributed by atoms with van der Waals surface area (Å²) in [7, 11) is 0. The van der Waals surface area contributed by atoms with Gasteiger partial charge in [-0.2, -0.15) is 0 Å². The maximum absolute atomic E-state index is 11.4. The van der Waals surface area contributed by atoms with Crippen molar-refractivity contribution in [1.82, 2.24) is 0 Å².